The zero-order chi connectivity index (χ0) is 60.0. The number of rotatable bonds is 16. The van der Waals surface area contributed by atoms with Crippen molar-refractivity contribution in [2.45, 2.75) is 194 Å². The molecule has 3 aliphatic rings. The van der Waals surface area contributed by atoms with E-state index in [0.29, 0.717) is 43.7 Å². The van der Waals surface area contributed by atoms with Gasteiger partial charge in [-0.2, -0.15) is 0 Å². The molecule has 3 heterocycles. The van der Waals surface area contributed by atoms with Crippen LogP contribution in [0.15, 0.2) is 54.6 Å². The Hall–Kier alpha value is -6.41. The molecule has 5 rings (SSSR count). The normalized spacial score (nSPS) is 27.1. The Morgan fingerprint density at radius 2 is 1.48 bits per heavy atom. The topological polar surface area (TPSA) is 251 Å². The molecule has 0 saturated carbocycles. The number of carbonyl (C=O) groups is 9. The monoisotopic (exact) mass is 1130 g/mol. The number of aliphatic hydroxyl groups excluding tert-OH is 1. The maximum atomic E-state index is 15.1. The first kappa shape index (κ1) is 65.4. The van der Waals surface area contributed by atoms with Gasteiger partial charge < -0.3 is 50.0 Å². The molecule has 2 aromatic rings. The number of carbonyl (C=O) groups excluding carboxylic acids is 9. The maximum Gasteiger partial charge on any atom is 0.329 e. The van der Waals surface area contributed by atoms with Crippen LogP contribution in [0.5, 0.6) is 5.75 Å². The van der Waals surface area contributed by atoms with Gasteiger partial charge in [0.1, 0.15) is 42.1 Å². The van der Waals surface area contributed by atoms with Crippen LogP contribution in [-0.2, 0) is 65.6 Å². The van der Waals surface area contributed by atoms with E-state index >= 15 is 14.4 Å². The third-order valence-electron chi connectivity index (χ3n) is 16.2. The molecule has 0 bridgehead atoms. The summed E-state index contributed by atoms with van der Waals surface area (Å²) in [5.41, 5.74) is 1.64. The van der Waals surface area contributed by atoms with Crippen LogP contribution >= 0.6 is 0 Å². The third-order valence-corrected chi connectivity index (χ3v) is 16.2. The molecule has 448 valence electrons. The lowest BCUT2D eigenvalue weighted by atomic mass is 9.91. The Balaban J connectivity index is 1.60. The SMILES string of the molecule is CC[C@H](C)[C@@H]1NC(=O)[C@@H](NC(=O)[C@@H](CC(C)C)N(C)C(=O)[C@@H]2CCCN2Cc2ccccc2)[C@@H](C)OC(=O)[C@H](Cc2ccc(OC)cc2)N(C)C(=O)[C@@H]2CCCN2C(=O)[C@H](CC(C)C)NC(=O)[C@@H](C)C(=O)[C@H](C(C)C)OC(=O)C[C@@H]1O. The number of hydrogen-bond donors (Lipinski definition) is 4. The van der Waals surface area contributed by atoms with Gasteiger partial charge >= 0.3 is 11.9 Å². The average molecular weight is 1130 g/mol. The Kier molecular flexibility index (Phi) is 24.3. The van der Waals surface area contributed by atoms with Crippen molar-refractivity contribution in [2.75, 3.05) is 34.3 Å². The predicted octanol–water partition coefficient (Wildman–Crippen LogP) is 4.61. The van der Waals surface area contributed by atoms with Gasteiger partial charge in [-0.3, -0.25) is 43.3 Å². The summed E-state index contributed by atoms with van der Waals surface area (Å²) in [6, 6.07) is 8.54. The van der Waals surface area contributed by atoms with E-state index < -0.39 is 132 Å². The van der Waals surface area contributed by atoms with E-state index in [9.17, 15) is 33.9 Å². The minimum absolute atomic E-state index is 0.0960. The van der Waals surface area contributed by atoms with Gasteiger partial charge in [-0.15, -0.1) is 0 Å². The summed E-state index contributed by atoms with van der Waals surface area (Å²) in [5.74, 6) is -8.75. The Labute approximate surface area is 479 Å². The first-order chi connectivity index (χ1) is 38.3. The van der Waals surface area contributed by atoms with Crippen molar-refractivity contribution in [3.63, 3.8) is 0 Å². The highest BCUT2D eigenvalue weighted by Crippen LogP contribution is 2.28. The van der Waals surface area contributed by atoms with Crippen molar-refractivity contribution in [3.05, 3.63) is 65.7 Å². The summed E-state index contributed by atoms with van der Waals surface area (Å²) in [6.07, 6.45) is -2.61. The molecule has 20 nitrogen and oxygen atoms in total. The van der Waals surface area contributed by atoms with Crippen LogP contribution in [0.2, 0.25) is 0 Å². The summed E-state index contributed by atoms with van der Waals surface area (Å²) in [7, 11) is 4.51. The minimum Gasteiger partial charge on any atom is -0.497 e. The number of aliphatic hydroxyl groups is 1. The summed E-state index contributed by atoms with van der Waals surface area (Å²) < 4.78 is 17.4. The highest BCUT2D eigenvalue weighted by molar-refractivity contribution is 6.05. The van der Waals surface area contributed by atoms with Gasteiger partial charge in [0.25, 0.3) is 0 Å². The molecule has 0 aliphatic carbocycles. The van der Waals surface area contributed by atoms with Gasteiger partial charge in [-0.05, 0) is 106 Å². The molecule has 4 N–H and O–H groups in total. The number of esters is 2. The molecule has 0 unspecified atom stereocenters. The molecule has 3 aliphatic heterocycles. The number of fused-ring (bicyclic) bond motifs is 1. The summed E-state index contributed by atoms with van der Waals surface area (Å²) in [6.45, 7) is 18.5. The van der Waals surface area contributed by atoms with E-state index in [1.54, 1.807) is 52.1 Å². The third kappa shape index (κ3) is 17.3. The van der Waals surface area contributed by atoms with Crippen molar-refractivity contribution in [2.24, 2.45) is 29.6 Å². The molecule has 81 heavy (non-hydrogen) atoms. The zero-order valence-electron chi connectivity index (χ0n) is 50.0. The number of hydrogen-bond acceptors (Lipinski definition) is 14. The standard InChI is InChI=1S/C61H91N7O13/c1-14-38(8)51-49(69)33-50(70)81-54(37(6)7)53(71)39(9)55(72)62-44(30-35(2)3)58(75)68-29-19-23-46(68)60(77)66(12)48(32-41-24-26-43(79-13)27-25-41)61(78)80-40(10)52(57(74)63-51)64-56(73)47(31-36(4)5)65(11)59(76)45-22-18-28-67(45)34-42-20-16-15-17-21-42/h15-17,20-21,24-27,35-40,44-49,51-52,54,69H,14,18-19,22-23,28-34H2,1-13H3,(H,62,72)(H,63,74)(H,64,73)/t38-,39-,40+,44-,45-,46-,47+,48-,49-,51-,52-,54-/m0/s1. The highest BCUT2D eigenvalue weighted by Gasteiger charge is 2.45. The molecule has 0 aromatic heterocycles. The lowest BCUT2D eigenvalue weighted by molar-refractivity contribution is -0.163. The number of likely N-dealkylation sites (N-methyl/N-ethyl adjacent to an activating group) is 2. The predicted molar refractivity (Wildman–Crippen MR) is 304 cm³/mol. The molecule has 6 amide bonds. The number of likely N-dealkylation sites (tertiary alicyclic amines) is 1. The average Bonchev–Trinajstić information content (AvgIpc) is 4.12. The summed E-state index contributed by atoms with van der Waals surface area (Å²) >= 11 is 0. The van der Waals surface area contributed by atoms with Crippen LogP contribution in [0.1, 0.15) is 132 Å². The molecule has 12 atom stereocenters. The Bertz CT molecular complexity index is 2490. The second-order valence-corrected chi connectivity index (χ2v) is 23.7. The fourth-order valence-corrected chi connectivity index (χ4v) is 11.1. The van der Waals surface area contributed by atoms with Crippen molar-refractivity contribution < 1.29 is 62.5 Å². The van der Waals surface area contributed by atoms with Crippen molar-refractivity contribution in [1.82, 2.24) is 35.6 Å². The number of methoxy groups -OCH3 is 1. The van der Waals surface area contributed by atoms with Crippen LogP contribution in [0, 0.1) is 29.6 Å². The zero-order valence-corrected chi connectivity index (χ0v) is 50.0. The number of ether oxygens (including phenoxy) is 3. The number of Topliss-reactive ketones (excluding diaryl/α,β-unsaturated/α-hetero) is 1. The van der Waals surface area contributed by atoms with Crippen molar-refractivity contribution in [3.8, 4) is 5.75 Å². The fraction of sp³-hybridized carbons (Fsp3) is 0.656. The molecule has 0 radical (unpaired) electrons. The number of cyclic esters (lactones) is 2. The molecular formula is C61H91N7O13. The van der Waals surface area contributed by atoms with Crippen molar-refractivity contribution >= 4 is 53.2 Å². The molecule has 2 aromatic carbocycles. The van der Waals surface area contributed by atoms with E-state index in [1.807, 2.05) is 65.0 Å². The number of amides is 6. The lowest BCUT2D eigenvalue weighted by Crippen LogP contribution is -2.62. The van der Waals surface area contributed by atoms with Gasteiger partial charge in [-0.1, -0.05) is 104 Å². The lowest BCUT2D eigenvalue weighted by Gasteiger charge is -2.36. The number of nitrogens with one attached hydrogen (secondary N) is 3. The van der Waals surface area contributed by atoms with E-state index in [4.69, 9.17) is 14.2 Å². The second kappa shape index (κ2) is 30.1. The van der Waals surface area contributed by atoms with E-state index in [2.05, 4.69) is 20.9 Å². The van der Waals surface area contributed by atoms with Gasteiger partial charge in [0.15, 0.2) is 11.9 Å². The largest absolute Gasteiger partial charge is 0.497 e. The molecular weight excluding hydrogens is 1040 g/mol. The van der Waals surface area contributed by atoms with Gasteiger partial charge in [0.05, 0.1) is 37.6 Å². The summed E-state index contributed by atoms with van der Waals surface area (Å²) in [5, 5.41) is 20.3. The second-order valence-electron chi connectivity index (χ2n) is 23.7. The minimum atomic E-state index is -1.69. The van der Waals surface area contributed by atoms with Crippen LogP contribution in [-0.4, -0.2) is 173 Å². The Morgan fingerprint density at radius 3 is 2.09 bits per heavy atom. The van der Waals surface area contributed by atoms with Gasteiger partial charge in [-0.25, -0.2) is 4.79 Å². The van der Waals surface area contributed by atoms with Gasteiger partial charge in [0, 0.05) is 33.6 Å². The number of benzene rings is 2. The first-order valence-corrected chi connectivity index (χ1v) is 29.1. The van der Waals surface area contributed by atoms with E-state index in [0.717, 1.165) is 12.0 Å². The van der Waals surface area contributed by atoms with E-state index in [1.165, 1.54) is 42.7 Å². The quantitative estimate of drug-likeness (QED) is 0.132. The fourth-order valence-electron chi connectivity index (χ4n) is 11.1. The highest BCUT2D eigenvalue weighted by atomic mass is 16.6. The molecule has 0 spiro atoms. The van der Waals surface area contributed by atoms with Crippen LogP contribution in [0.25, 0.3) is 0 Å². The molecule has 3 saturated heterocycles. The van der Waals surface area contributed by atoms with Crippen LogP contribution in [0.4, 0.5) is 0 Å². The number of nitrogens with zero attached hydrogens (tertiary/aromatic N) is 4. The first-order valence-electron chi connectivity index (χ1n) is 29.1. The Morgan fingerprint density at radius 1 is 0.827 bits per heavy atom. The molecule has 3 fully saturated rings. The smallest absolute Gasteiger partial charge is 0.329 e. The van der Waals surface area contributed by atoms with Crippen LogP contribution < -0.4 is 20.7 Å². The maximum absolute atomic E-state index is 15.1. The van der Waals surface area contributed by atoms with E-state index in [-0.39, 0.29) is 50.0 Å². The van der Waals surface area contributed by atoms with Crippen LogP contribution in [0.3, 0.4) is 0 Å². The van der Waals surface area contributed by atoms with Gasteiger partial charge in [0.2, 0.25) is 35.4 Å². The summed E-state index contributed by atoms with van der Waals surface area (Å²) in [4.78, 5) is 137. The molecule has 20 heteroatoms. The van der Waals surface area contributed by atoms with Crippen molar-refractivity contribution in [1.29, 1.82) is 0 Å². The number of ketones is 1.